The Kier molecular flexibility index (Phi) is 10.3. The SMILES string of the molecule is COc1cc(N2CCC(N3CCN(C)CC3)CC2)c(Nc2cnn(C)c2)cc1Nc1ncc(Cl)c(Nc2ccccc2N(C)S(C)(=O)=O)n1. The number of halogens is 1. The van der Waals surface area contributed by atoms with Crippen molar-refractivity contribution < 1.29 is 13.2 Å². The van der Waals surface area contributed by atoms with Gasteiger partial charge in [0.05, 0.1) is 59.9 Å². The lowest BCUT2D eigenvalue weighted by atomic mass is 10.0. The molecule has 0 aliphatic carbocycles. The zero-order valence-corrected chi connectivity index (χ0v) is 30.1. The van der Waals surface area contributed by atoms with Crippen LogP contribution in [0.1, 0.15) is 12.8 Å². The van der Waals surface area contributed by atoms with Crippen LogP contribution in [0.15, 0.2) is 55.0 Å². The highest BCUT2D eigenvalue weighted by atomic mass is 35.5. The quantitative estimate of drug-likeness (QED) is 0.199. The molecule has 2 saturated heterocycles. The van der Waals surface area contributed by atoms with Crippen LogP contribution in [-0.4, -0.2) is 111 Å². The topological polar surface area (TPSA) is 136 Å². The third kappa shape index (κ3) is 8.12. The number of methoxy groups -OCH3 is 1. The Balaban J connectivity index is 1.27. The first-order valence-electron chi connectivity index (χ1n) is 16.2. The monoisotopic (exact) mass is 709 g/mol. The minimum atomic E-state index is -3.50. The molecule has 4 aromatic rings. The molecule has 2 aliphatic rings. The smallest absolute Gasteiger partial charge is 0.232 e. The molecule has 0 amide bonds. The van der Waals surface area contributed by atoms with Crippen LogP contribution >= 0.6 is 11.6 Å². The number of hydrogen-bond acceptors (Lipinski definition) is 12. The summed E-state index contributed by atoms with van der Waals surface area (Å²) in [5.74, 6) is 1.20. The molecule has 3 N–H and O–H groups in total. The van der Waals surface area contributed by atoms with Gasteiger partial charge in [-0.1, -0.05) is 23.7 Å². The number of aryl methyl sites for hydroxylation is 1. The van der Waals surface area contributed by atoms with E-state index in [9.17, 15) is 8.42 Å². The Morgan fingerprint density at radius 2 is 1.67 bits per heavy atom. The third-order valence-corrected chi connectivity index (χ3v) is 10.6. The molecule has 2 fully saturated rings. The van der Waals surface area contributed by atoms with Gasteiger partial charge in [-0.05, 0) is 38.1 Å². The van der Waals surface area contributed by atoms with E-state index >= 15 is 0 Å². The maximum absolute atomic E-state index is 12.3. The van der Waals surface area contributed by atoms with Crippen molar-refractivity contribution in [3.63, 3.8) is 0 Å². The Morgan fingerprint density at radius 3 is 2.35 bits per heavy atom. The summed E-state index contributed by atoms with van der Waals surface area (Å²) >= 11 is 6.52. The maximum atomic E-state index is 12.3. The van der Waals surface area contributed by atoms with Gasteiger partial charge in [0.15, 0.2) is 5.82 Å². The van der Waals surface area contributed by atoms with Crippen molar-refractivity contribution in [2.24, 2.45) is 7.05 Å². The fourth-order valence-electron chi connectivity index (χ4n) is 6.29. The summed E-state index contributed by atoms with van der Waals surface area (Å²) in [6, 6.07) is 11.7. The van der Waals surface area contributed by atoms with Gasteiger partial charge < -0.3 is 30.5 Å². The lowest BCUT2D eigenvalue weighted by molar-refractivity contribution is 0.0982. The molecule has 49 heavy (non-hydrogen) atoms. The number of ether oxygens (including phenoxy) is 1. The largest absolute Gasteiger partial charge is 0.494 e. The molecule has 2 aromatic carbocycles. The van der Waals surface area contributed by atoms with E-state index < -0.39 is 10.0 Å². The van der Waals surface area contributed by atoms with E-state index in [4.69, 9.17) is 16.3 Å². The molecule has 2 aliphatic heterocycles. The van der Waals surface area contributed by atoms with Crippen molar-refractivity contribution in [2.45, 2.75) is 18.9 Å². The number of para-hydroxylation sites is 2. The Labute approximate surface area is 293 Å². The number of likely N-dealkylation sites (N-methyl/N-ethyl adjacent to an activating group) is 1. The van der Waals surface area contributed by atoms with Crippen LogP contribution in [0.3, 0.4) is 0 Å². The Morgan fingerprint density at radius 1 is 0.939 bits per heavy atom. The number of hydrogen-bond donors (Lipinski definition) is 3. The van der Waals surface area contributed by atoms with E-state index in [1.165, 1.54) is 17.5 Å². The van der Waals surface area contributed by atoms with Gasteiger partial charge in [-0.2, -0.15) is 10.1 Å². The lowest BCUT2D eigenvalue weighted by Crippen LogP contribution is -2.52. The molecule has 262 valence electrons. The van der Waals surface area contributed by atoms with E-state index in [0.717, 1.165) is 75.4 Å². The third-order valence-electron chi connectivity index (χ3n) is 9.15. The molecule has 0 saturated carbocycles. The van der Waals surface area contributed by atoms with Crippen molar-refractivity contribution in [3.05, 3.63) is 60.0 Å². The average molecular weight is 710 g/mol. The number of rotatable bonds is 11. The van der Waals surface area contributed by atoms with Crippen molar-refractivity contribution in [1.29, 1.82) is 0 Å². The van der Waals surface area contributed by atoms with Crippen LogP contribution in [-0.2, 0) is 17.1 Å². The molecule has 0 radical (unpaired) electrons. The molecular formula is C33H44ClN11O3S. The number of aromatic nitrogens is 4. The average Bonchev–Trinajstić information content (AvgIpc) is 3.50. The highest BCUT2D eigenvalue weighted by Gasteiger charge is 2.28. The molecule has 0 atom stereocenters. The summed E-state index contributed by atoms with van der Waals surface area (Å²) in [5, 5.41) is 14.7. The van der Waals surface area contributed by atoms with Crippen LogP contribution in [0.25, 0.3) is 0 Å². The molecule has 6 rings (SSSR count). The summed E-state index contributed by atoms with van der Waals surface area (Å²) in [4.78, 5) is 16.5. The predicted octanol–water partition coefficient (Wildman–Crippen LogP) is 4.71. The molecule has 2 aromatic heterocycles. The molecule has 0 bridgehead atoms. The first-order valence-corrected chi connectivity index (χ1v) is 18.5. The van der Waals surface area contributed by atoms with E-state index in [2.05, 4.69) is 52.8 Å². The molecule has 4 heterocycles. The summed E-state index contributed by atoms with van der Waals surface area (Å²) in [7, 11) is 3.71. The van der Waals surface area contributed by atoms with Gasteiger partial charge in [-0.25, -0.2) is 13.4 Å². The van der Waals surface area contributed by atoms with Crippen LogP contribution in [0, 0.1) is 0 Å². The second-order valence-electron chi connectivity index (χ2n) is 12.5. The highest BCUT2D eigenvalue weighted by molar-refractivity contribution is 7.92. The van der Waals surface area contributed by atoms with Crippen molar-refractivity contribution in [2.75, 3.05) is 91.9 Å². The fourth-order valence-corrected chi connectivity index (χ4v) is 6.95. The van der Waals surface area contributed by atoms with Gasteiger partial charge in [0.25, 0.3) is 0 Å². The molecule has 0 unspecified atom stereocenters. The summed E-state index contributed by atoms with van der Waals surface area (Å²) in [6.07, 6.45) is 8.55. The first-order chi connectivity index (χ1) is 23.5. The molecule has 14 nitrogen and oxygen atoms in total. The summed E-state index contributed by atoms with van der Waals surface area (Å²) in [6.45, 7) is 6.34. The zero-order chi connectivity index (χ0) is 34.7. The minimum absolute atomic E-state index is 0.267. The van der Waals surface area contributed by atoms with Crippen LogP contribution < -0.4 is 29.9 Å². The zero-order valence-electron chi connectivity index (χ0n) is 28.5. The number of piperidine rings is 1. The van der Waals surface area contributed by atoms with Gasteiger partial charge in [0.2, 0.25) is 16.0 Å². The summed E-state index contributed by atoms with van der Waals surface area (Å²) in [5.41, 5.74) is 4.40. The van der Waals surface area contributed by atoms with Crippen molar-refractivity contribution in [1.82, 2.24) is 29.5 Å². The van der Waals surface area contributed by atoms with Gasteiger partial charge in [0, 0.05) is 71.7 Å². The van der Waals surface area contributed by atoms with Gasteiger partial charge in [-0.3, -0.25) is 13.9 Å². The normalized spacial score (nSPS) is 16.4. The first kappa shape index (κ1) is 34.5. The molecule has 16 heteroatoms. The Hall–Kier alpha value is -4.31. The second kappa shape index (κ2) is 14.7. The van der Waals surface area contributed by atoms with Crippen molar-refractivity contribution >= 4 is 67.5 Å². The standard InChI is InChI=1S/C33H44ClN11O3S/c1-41-14-16-44(17-15-41)24-10-12-45(13-11-24)30-19-31(48-4)28(18-27(30)37-23-20-36-42(2)22-23)39-33-35-21-25(34)32(40-33)38-26-8-6-7-9-29(26)43(3)49(5,46)47/h6-9,18-22,24,37H,10-17H2,1-5H3,(H2,35,38,39,40). The molecule has 0 spiro atoms. The fraction of sp³-hybridized carbons (Fsp3) is 0.424. The maximum Gasteiger partial charge on any atom is 0.232 e. The summed E-state index contributed by atoms with van der Waals surface area (Å²) < 4.78 is 33.4. The number of sulfonamides is 1. The number of benzene rings is 2. The Bertz CT molecular complexity index is 1870. The van der Waals surface area contributed by atoms with Crippen LogP contribution in [0.4, 0.5) is 45.9 Å². The van der Waals surface area contributed by atoms with Gasteiger partial charge in [0.1, 0.15) is 10.8 Å². The van der Waals surface area contributed by atoms with Crippen molar-refractivity contribution in [3.8, 4) is 5.75 Å². The lowest BCUT2D eigenvalue weighted by Gasteiger charge is -2.43. The number of piperazine rings is 1. The highest BCUT2D eigenvalue weighted by Crippen LogP contribution is 2.41. The van der Waals surface area contributed by atoms with Crippen LogP contribution in [0.2, 0.25) is 5.02 Å². The second-order valence-corrected chi connectivity index (χ2v) is 15.0. The van der Waals surface area contributed by atoms with E-state index in [1.807, 2.05) is 25.4 Å². The molecular weight excluding hydrogens is 666 g/mol. The van der Waals surface area contributed by atoms with Crippen LogP contribution in [0.5, 0.6) is 5.75 Å². The van der Waals surface area contributed by atoms with Gasteiger partial charge in [-0.15, -0.1) is 0 Å². The number of anilines is 8. The number of nitrogens with zero attached hydrogens (tertiary/aromatic N) is 8. The predicted molar refractivity (Wildman–Crippen MR) is 197 cm³/mol. The van der Waals surface area contributed by atoms with E-state index in [-0.39, 0.29) is 11.0 Å². The minimum Gasteiger partial charge on any atom is -0.494 e. The van der Waals surface area contributed by atoms with Gasteiger partial charge >= 0.3 is 0 Å². The van der Waals surface area contributed by atoms with E-state index in [1.54, 1.807) is 42.3 Å². The number of nitrogens with one attached hydrogen (secondary N) is 3. The van der Waals surface area contributed by atoms with E-state index in [0.29, 0.717) is 34.7 Å².